The van der Waals surface area contributed by atoms with Crippen LogP contribution in [0.5, 0.6) is 5.75 Å². The maximum absolute atomic E-state index is 13.1. The van der Waals surface area contributed by atoms with Gasteiger partial charge in [0.2, 0.25) is 0 Å². The van der Waals surface area contributed by atoms with Crippen LogP contribution in [-0.2, 0) is 6.54 Å². The van der Waals surface area contributed by atoms with Crippen LogP contribution in [0.1, 0.15) is 22.8 Å². The normalized spacial score (nSPS) is 12.1. The smallest absolute Gasteiger partial charge is 0.262 e. The minimum Gasteiger partial charge on any atom is -0.491 e. The molecule has 158 valence electrons. The van der Waals surface area contributed by atoms with Crippen molar-refractivity contribution < 1.29 is 14.6 Å². The number of benzene rings is 2. The van der Waals surface area contributed by atoms with Gasteiger partial charge in [-0.25, -0.2) is 4.98 Å². The number of rotatable bonds is 7. The number of fused-ring (bicyclic) bond motifs is 1. The van der Waals surface area contributed by atoms with E-state index in [1.165, 1.54) is 29.2 Å². The van der Waals surface area contributed by atoms with Crippen molar-refractivity contribution in [3.63, 3.8) is 0 Å². The number of hydrogen-bond acceptors (Lipinski definition) is 6. The minimum absolute atomic E-state index is 0.0123. The van der Waals surface area contributed by atoms with Crippen LogP contribution >= 0.6 is 11.3 Å². The third-order valence-electron chi connectivity index (χ3n) is 5.03. The van der Waals surface area contributed by atoms with Gasteiger partial charge in [0.1, 0.15) is 23.3 Å². The van der Waals surface area contributed by atoms with Gasteiger partial charge in [-0.1, -0.05) is 29.8 Å². The van der Waals surface area contributed by atoms with E-state index < -0.39 is 6.10 Å². The highest BCUT2D eigenvalue weighted by Gasteiger charge is 2.15. The van der Waals surface area contributed by atoms with E-state index in [1.807, 2.05) is 36.6 Å². The molecule has 1 atom stereocenters. The minimum atomic E-state index is -0.897. The lowest BCUT2D eigenvalue weighted by atomic mass is 10.1. The Morgan fingerprint density at radius 3 is 2.55 bits per heavy atom. The van der Waals surface area contributed by atoms with Gasteiger partial charge in [0.15, 0.2) is 5.78 Å². The third kappa shape index (κ3) is 4.57. The van der Waals surface area contributed by atoms with Crippen LogP contribution in [0.3, 0.4) is 0 Å². The molecule has 0 saturated heterocycles. The molecule has 6 nitrogen and oxygen atoms in total. The Kier molecular flexibility index (Phi) is 5.97. The summed E-state index contributed by atoms with van der Waals surface area (Å²) in [5, 5.41) is 12.9. The Bertz CT molecular complexity index is 1270. The van der Waals surface area contributed by atoms with Gasteiger partial charge in [-0.2, -0.15) is 0 Å². The Morgan fingerprint density at radius 1 is 1.16 bits per heavy atom. The van der Waals surface area contributed by atoms with Gasteiger partial charge in [0.05, 0.1) is 18.3 Å². The monoisotopic (exact) mass is 434 g/mol. The van der Waals surface area contributed by atoms with Gasteiger partial charge in [-0.15, -0.1) is 11.3 Å². The lowest BCUT2D eigenvalue weighted by Crippen LogP contribution is -2.30. The molecule has 4 rings (SSSR count). The van der Waals surface area contributed by atoms with E-state index in [9.17, 15) is 14.7 Å². The van der Waals surface area contributed by atoms with Crippen LogP contribution in [0.4, 0.5) is 0 Å². The van der Waals surface area contributed by atoms with Crippen LogP contribution in [0.15, 0.2) is 65.0 Å². The fraction of sp³-hybridized carbons (Fsp3) is 0.208. The first kappa shape index (κ1) is 21.0. The van der Waals surface area contributed by atoms with Gasteiger partial charge in [-0.05, 0) is 43.7 Å². The molecule has 0 aliphatic carbocycles. The van der Waals surface area contributed by atoms with Crippen LogP contribution < -0.4 is 10.3 Å². The highest BCUT2D eigenvalue weighted by molar-refractivity contribution is 7.17. The fourth-order valence-corrected chi connectivity index (χ4v) is 4.21. The number of aliphatic hydroxyl groups excluding tert-OH is 1. The Morgan fingerprint density at radius 2 is 1.87 bits per heavy atom. The van der Waals surface area contributed by atoms with Crippen LogP contribution in [0.2, 0.25) is 0 Å². The van der Waals surface area contributed by atoms with Crippen molar-refractivity contribution in [2.24, 2.45) is 0 Å². The number of aryl methyl sites for hydroxylation is 1. The maximum Gasteiger partial charge on any atom is 0.262 e. The van der Waals surface area contributed by atoms with E-state index in [1.54, 1.807) is 24.3 Å². The van der Waals surface area contributed by atoms with Crippen LogP contribution in [0.25, 0.3) is 21.3 Å². The second-order valence-corrected chi connectivity index (χ2v) is 8.30. The molecule has 0 amide bonds. The van der Waals surface area contributed by atoms with Crippen molar-refractivity contribution in [1.82, 2.24) is 9.55 Å². The number of thiophene rings is 1. The molecule has 0 radical (unpaired) electrons. The fourth-order valence-electron chi connectivity index (χ4n) is 3.30. The molecule has 2 aromatic carbocycles. The van der Waals surface area contributed by atoms with Gasteiger partial charge < -0.3 is 9.84 Å². The first-order valence-electron chi connectivity index (χ1n) is 9.88. The van der Waals surface area contributed by atoms with Crippen LogP contribution in [-0.4, -0.2) is 33.2 Å². The van der Waals surface area contributed by atoms with E-state index in [4.69, 9.17) is 4.74 Å². The Balaban J connectivity index is 1.51. The molecule has 0 fully saturated rings. The predicted molar refractivity (Wildman–Crippen MR) is 122 cm³/mol. The largest absolute Gasteiger partial charge is 0.491 e. The van der Waals surface area contributed by atoms with E-state index in [0.717, 1.165) is 16.7 Å². The van der Waals surface area contributed by atoms with E-state index >= 15 is 0 Å². The number of carbonyl (C=O) groups is 1. The number of carbonyl (C=O) groups excluding carboxylic acids is 1. The Hall–Kier alpha value is -3.29. The third-order valence-corrected chi connectivity index (χ3v) is 5.92. The standard InChI is InChI=1S/C24H22N2O4S/c1-15-3-5-18(6-4-15)21-13-31-23-22(21)24(29)26(14-25-23)11-19(28)12-30-20-9-7-17(8-10-20)16(2)27/h3-10,13-14,19,28H,11-12H2,1-2H3. The number of Topliss-reactive ketones (excluding diaryl/α,β-unsaturated/α-hetero) is 1. The number of nitrogens with zero attached hydrogens (tertiary/aromatic N) is 2. The molecule has 1 unspecified atom stereocenters. The van der Waals surface area contributed by atoms with Crippen molar-refractivity contribution in [2.75, 3.05) is 6.61 Å². The number of aromatic nitrogens is 2. The molecule has 1 N–H and O–H groups in total. The highest BCUT2D eigenvalue weighted by atomic mass is 32.1. The number of ketones is 1. The highest BCUT2D eigenvalue weighted by Crippen LogP contribution is 2.30. The predicted octanol–water partition coefficient (Wildman–Crippen LogP) is 4.08. The summed E-state index contributed by atoms with van der Waals surface area (Å²) >= 11 is 1.43. The van der Waals surface area contributed by atoms with Gasteiger partial charge >= 0.3 is 0 Å². The zero-order valence-electron chi connectivity index (χ0n) is 17.2. The van der Waals surface area contributed by atoms with E-state index in [-0.39, 0.29) is 24.5 Å². The molecule has 0 saturated carbocycles. The maximum atomic E-state index is 13.1. The van der Waals surface area contributed by atoms with Crippen LogP contribution in [0, 0.1) is 6.92 Å². The SMILES string of the molecule is CC(=O)c1ccc(OCC(O)Cn2cnc3scc(-c4ccc(C)cc4)c3c2=O)cc1. The van der Waals surface area contributed by atoms with Crippen molar-refractivity contribution in [1.29, 1.82) is 0 Å². The lowest BCUT2D eigenvalue weighted by Gasteiger charge is -2.14. The lowest BCUT2D eigenvalue weighted by molar-refractivity contribution is 0.0914. The molecular formula is C24H22N2O4S. The summed E-state index contributed by atoms with van der Waals surface area (Å²) in [5.41, 5.74) is 3.37. The molecule has 0 spiro atoms. The van der Waals surface area contributed by atoms with E-state index in [0.29, 0.717) is 21.5 Å². The summed E-state index contributed by atoms with van der Waals surface area (Å²) in [6.07, 6.45) is 0.566. The average molecular weight is 435 g/mol. The topological polar surface area (TPSA) is 81.4 Å². The van der Waals surface area contributed by atoms with Gasteiger partial charge in [-0.3, -0.25) is 14.2 Å². The molecule has 0 bridgehead atoms. The summed E-state index contributed by atoms with van der Waals surface area (Å²) < 4.78 is 7.01. The zero-order valence-corrected chi connectivity index (χ0v) is 18.1. The summed E-state index contributed by atoms with van der Waals surface area (Å²) in [6.45, 7) is 3.60. The quantitative estimate of drug-likeness (QED) is 0.444. The summed E-state index contributed by atoms with van der Waals surface area (Å²) in [7, 11) is 0. The molecule has 0 aliphatic heterocycles. The molecule has 2 aromatic heterocycles. The van der Waals surface area contributed by atoms with Crippen molar-refractivity contribution >= 4 is 27.3 Å². The summed E-state index contributed by atoms with van der Waals surface area (Å²) in [4.78, 5) is 29.5. The molecule has 2 heterocycles. The summed E-state index contributed by atoms with van der Waals surface area (Å²) in [5.74, 6) is 0.525. The second kappa shape index (κ2) is 8.83. The van der Waals surface area contributed by atoms with E-state index in [2.05, 4.69) is 4.98 Å². The molecule has 7 heteroatoms. The average Bonchev–Trinajstić information content (AvgIpc) is 3.20. The van der Waals surface area contributed by atoms with Crippen molar-refractivity contribution in [2.45, 2.75) is 26.5 Å². The molecular weight excluding hydrogens is 412 g/mol. The number of ether oxygens (including phenoxy) is 1. The zero-order chi connectivity index (χ0) is 22.0. The number of hydrogen-bond donors (Lipinski definition) is 1. The van der Waals surface area contributed by atoms with Gasteiger partial charge in [0.25, 0.3) is 5.56 Å². The van der Waals surface area contributed by atoms with Crippen molar-refractivity contribution in [3.05, 3.63) is 81.7 Å². The molecule has 0 aliphatic rings. The molecule has 31 heavy (non-hydrogen) atoms. The Labute approximate surface area is 183 Å². The first-order valence-corrected chi connectivity index (χ1v) is 10.8. The van der Waals surface area contributed by atoms with Gasteiger partial charge in [0, 0.05) is 16.5 Å². The second-order valence-electron chi connectivity index (χ2n) is 7.44. The number of aliphatic hydroxyl groups is 1. The molecule has 4 aromatic rings. The van der Waals surface area contributed by atoms with Crippen molar-refractivity contribution in [3.8, 4) is 16.9 Å². The summed E-state index contributed by atoms with van der Waals surface area (Å²) in [6, 6.07) is 14.7. The first-order chi connectivity index (χ1) is 14.9.